The number of sulfonamides is 1. The summed E-state index contributed by atoms with van der Waals surface area (Å²) in [6.45, 7) is 8.81. The molecule has 1 heterocycles. The lowest BCUT2D eigenvalue weighted by Gasteiger charge is -2.23. The Hall–Kier alpha value is -2.76. The summed E-state index contributed by atoms with van der Waals surface area (Å²) in [6.07, 6.45) is 1.24. The number of hydrogen-bond donors (Lipinski definition) is 2. The van der Waals surface area contributed by atoms with Crippen LogP contribution >= 0.6 is 11.3 Å². The number of benzene rings is 1. The first-order valence-corrected chi connectivity index (χ1v) is 14.6. The van der Waals surface area contributed by atoms with Crippen molar-refractivity contribution in [1.29, 1.82) is 0 Å². The van der Waals surface area contributed by atoms with E-state index in [9.17, 15) is 22.8 Å². The molecule has 3 rings (SSSR count). The van der Waals surface area contributed by atoms with E-state index in [1.165, 1.54) is 30.4 Å². The molecule has 1 aliphatic carbocycles. The minimum Gasteiger partial charge on any atom is -0.462 e. The van der Waals surface area contributed by atoms with Gasteiger partial charge in [-0.1, -0.05) is 39.0 Å². The normalized spacial score (nSPS) is 17.0. The van der Waals surface area contributed by atoms with Crippen LogP contribution in [-0.2, 0) is 41.9 Å². The smallest absolute Gasteiger partial charge is 0.341 e. The maximum atomic E-state index is 13.0. The van der Waals surface area contributed by atoms with Crippen LogP contribution in [0.15, 0.2) is 35.2 Å². The van der Waals surface area contributed by atoms with E-state index in [0.717, 1.165) is 29.7 Å². The zero-order valence-electron chi connectivity index (χ0n) is 21.7. The molecule has 0 radical (unpaired) electrons. The van der Waals surface area contributed by atoms with Crippen molar-refractivity contribution in [3.05, 3.63) is 46.3 Å². The van der Waals surface area contributed by atoms with Crippen molar-refractivity contribution in [2.24, 2.45) is 11.8 Å². The third-order valence-corrected chi connectivity index (χ3v) is 8.77. The highest BCUT2D eigenvalue weighted by Crippen LogP contribution is 2.40. The van der Waals surface area contributed by atoms with Crippen molar-refractivity contribution < 1.29 is 32.3 Å². The molecule has 0 spiro atoms. The van der Waals surface area contributed by atoms with Crippen LogP contribution in [0.1, 0.15) is 61.8 Å². The van der Waals surface area contributed by atoms with E-state index in [1.807, 2.05) is 0 Å². The van der Waals surface area contributed by atoms with Crippen molar-refractivity contribution in [2.75, 3.05) is 11.9 Å². The summed E-state index contributed by atoms with van der Waals surface area (Å²) >= 11 is 1.34. The molecular weight excluding hydrogens is 516 g/mol. The summed E-state index contributed by atoms with van der Waals surface area (Å²) in [6, 6.07) is 6.49. The Bertz CT molecular complexity index is 1240. The lowest BCUT2D eigenvalue weighted by atomic mass is 9.88. The van der Waals surface area contributed by atoms with Crippen LogP contribution in [0.5, 0.6) is 0 Å². The van der Waals surface area contributed by atoms with Crippen LogP contribution in [0.2, 0.25) is 0 Å². The van der Waals surface area contributed by atoms with Crippen molar-refractivity contribution >= 4 is 44.2 Å². The first-order chi connectivity index (χ1) is 17.4. The summed E-state index contributed by atoms with van der Waals surface area (Å²) in [5.74, 6) is -1.97. The molecule has 0 fully saturated rings. The number of thiophene rings is 1. The first-order valence-electron chi connectivity index (χ1n) is 12.3. The van der Waals surface area contributed by atoms with E-state index >= 15 is 0 Å². The molecule has 1 amide bonds. The van der Waals surface area contributed by atoms with Gasteiger partial charge in [0.05, 0.1) is 17.1 Å². The molecule has 3 atom stereocenters. The van der Waals surface area contributed by atoms with Gasteiger partial charge in [-0.2, -0.15) is 4.72 Å². The van der Waals surface area contributed by atoms with Gasteiger partial charge in [-0.3, -0.25) is 9.59 Å². The highest BCUT2D eigenvalue weighted by molar-refractivity contribution is 7.89. The summed E-state index contributed by atoms with van der Waals surface area (Å²) in [7, 11) is -3.98. The number of fused-ring (bicyclic) bond motifs is 1. The van der Waals surface area contributed by atoms with Crippen LogP contribution in [-0.4, -0.2) is 45.0 Å². The number of hydrogen-bond acceptors (Lipinski definition) is 8. The molecule has 202 valence electrons. The lowest BCUT2D eigenvalue weighted by molar-refractivity contribution is -0.155. The molecule has 37 heavy (non-hydrogen) atoms. The highest BCUT2D eigenvalue weighted by atomic mass is 32.2. The van der Waals surface area contributed by atoms with Crippen LogP contribution in [0, 0.1) is 11.8 Å². The lowest BCUT2D eigenvalue weighted by Crippen LogP contribution is -2.47. The van der Waals surface area contributed by atoms with Crippen molar-refractivity contribution in [2.45, 2.75) is 70.9 Å². The fraction of sp³-hybridized carbons (Fsp3) is 0.500. The van der Waals surface area contributed by atoms with Crippen LogP contribution < -0.4 is 10.0 Å². The molecule has 2 aromatic rings. The third kappa shape index (κ3) is 6.97. The average Bonchev–Trinajstić information content (AvgIpc) is 3.19. The predicted molar refractivity (Wildman–Crippen MR) is 141 cm³/mol. The summed E-state index contributed by atoms with van der Waals surface area (Å²) in [5, 5.41) is 3.10. The number of esters is 2. The van der Waals surface area contributed by atoms with Gasteiger partial charge in [-0.15, -0.1) is 11.3 Å². The van der Waals surface area contributed by atoms with Gasteiger partial charge >= 0.3 is 11.9 Å². The van der Waals surface area contributed by atoms with Gasteiger partial charge < -0.3 is 14.8 Å². The van der Waals surface area contributed by atoms with E-state index in [4.69, 9.17) is 9.47 Å². The van der Waals surface area contributed by atoms with Crippen molar-refractivity contribution in [3.8, 4) is 0 Å². The van der Waals surface area contributed by atoms with Gasteiger partial charge in [-0.05, 0) is 62.6 Å². The molecule has 0 saturated heterocycles. The fourth-order valence-corrected chi connectivity index (χ4v) is 6.82. The molecule has 1 aromatic heterocycles. The first kappa shape index (κ1) is 28.8. The number of carbonyl (C=O) groups excluding carboxylic acids is 3. The van der Waals surface area contributed by atoms with Crippen molar-refractivity contribution in [3.63, 3.8) is 0 Å². The molecule has 0 bridgehead atoms. The number of anilines is 1. The summed E-state index contributed by atoms with van der Waals surface area (Å²) < 4.78 is 38.5. The van der Waals surface area contributed by atoms with E-state index in [1.54, 1.807) is 39.0 Å². The van der Waals surface area contributed by atoms with E-state index < -0.39 is 45.9 Å². The van der Waals surface area contributed by atoms with E-state index in [0.29, 0.717) is 16.5 Å². The van der Waals surface area contributed by atoms with Crippen molar-refractivity contribution in [1.82, 2.24) is 4.72 Å². The zero-order chi connectivity index (χ0) is 27.3. The van der Waals surface area contributed by atoms with Gasteiger partial charge in [0.25, 0.3) is 5.91 Å². The molecule has 0 saturated carbocycles. The molecule has 1 aromatic carbocycles. The Morgan fingerprint density at radius 1 is 1.14 bits per heavy atom. The second kappa shape index (κ2) is 12.2. The maximum Gasteiger partial charge on any atom is 0.341 e. The minimum absolute atomic E-state index is 0.0155. The quantitative estimate of drug-likeness (QED) is 0.429. The number of carbonyl (C=O) groups is 3. The number of amides is 1. The Balaban J connectivity index is 1.74. The zero-order valence-corrected chi connectivity index (χ0v) is 23.3. The number of nitrogens with one attached hydrogen (secondary N) is 2. The minimum atomic E-state index is -3.98. The highest BCUT2D eigenvalue weighted by Gasteiger charge is 2.33. The van der Waals surface area contributed by atoms with Gasteiger partial charge in [0.2, 0.25) is 10.0 Å². The Morgan fingerprint density at radius 3 is 2.43 bits per heavy atom. The van der Waals surface area contributed by atoms with Crippen LogP contribution in [0.4, 0.5) is 5.00 Å². The third-order valence-electron chi connectivity index (χ3n) is 6.15. The molecule has 9 nitrogen and oxygen atoms in total. The topological polar surface area (TPSA) is 128 Å². The van der Waals surface area contributed by atoms with Crippen LogP contribution in [0.25, 0.3) is 0 Å². The van der Waals surface area contributed by atoms with E-state index in [-0.39, 0.29) is 11.5 Å². The van der Waals surface area contributed by atoms with Gasteiger partial charge in [-0.25, -0.2) is 13.2 Å². The maximum absolute atomic E-state index is 13.0. The summed E-state index contributed by atoms with van der Waals surface area (Å²) in [5.41, 5.74) is 1.26. The van der Waals surface area contributed by atoms with E-state index in [2.05, 4.69) is 17.0 Å². The summed E-state index contributed by atoms with van der Waals surface area (Å²) in [4.78, 5) is 39.7. The predicted octanol–water partition coefficient (Wildman–Crippen LogP) is 3.92. The Morgan fingerprint density at radius 2 is 1.81 bits per heavy atom. The molecule has 11 heteroatoms. The standard InChI is InChI=1S/C26H34N2O7S2/c1-6-34-25(30)21-19-13-12-16(4)14-20(19)36-24(21)27-23(29)17(5)35-26(31)22(15(2)3)28-37(32,33)18-10-8-7-9-11-18/h7-11,15-17,22,28H,6,12-14H2,1-5H3,(H,27,29)/t16-,17+,22+/m1/s1. The van der Waals surface area contributed by atoms with Gasteiger partial charge in [0.15, 0.2) is 6.10 Å². The second-order valence-corrected chi connectivity index (χ2v) is 12.3. The van der Waals surface area contributed by atoms with Crippen LogP contribution in [0.3, 0.4) is 0 Å². The molecule has 1 aliphatic rings. The van der Waals surface area contributed by atoms with Gasteiger partial charge in [0.1, 0.15) is 11.0 Å². The largest absolute Gasteiger partial charge is 0.462 e. The molecule has 0 aliphatic heterocycles. The van der Waals surface area contributed by atoms with Gasteiger partial charge in [0, 0.05) is 4.88 Å². The number of ether oxygens (including phenoxy) is 2. The SMILES string of the molecule is CCOC(=O)c1c(NC(=O)[C@H](C)OC(=O)[C@@H](NS(=O)(=O)c2ccccc2)C(C)C)sc2c1CC[C@@H](C)C2. The molecule has 2 N–H and O–H groups in total. The molecule has 0 unspecified atom stereocenters. The number of rotatable bonds is 10. The fourth-order valence-electron chi connectivity index (χ4n) is 4.06. The second-order valence-electron chi connectivity index (χ2n) is 9.50. The monoisotopic (exact) mass is 550 g/mol. The average molecular weight is 551 g/mol. The molecular formula is C26H34N2O7S2. The Kier molecular flexibility index (Phi) is 9.49. The Labute approximate surface area is 222 Å².